The molecule has 0 unspecified atom stereocenters. The van der Waals surface area contributed by atoms with Gasteiger partial charge in [-0.05, 0) is 49.8 Å². The fourth-order valence-corrected chi connectivity index (χ4v) is 7.63. The number of benzene rings is 1. The summed E-state index contributed by atoms with van der Waals surface area (Å²) in [7, 11) is -2.95. The first-order valence-corrected chi connectivity index (χ1v) is 12.2. The number of fused-ring (bicyclic) bond motifs is 1. The van der Waals surface area contributed by atoms with Gasteiger partial charge in [-0.1, -0.05) is 24.8 Å². The number of anilines is 1. The molecule has 1 amide bonds. The van der Waals surface area contributed by atoms with Crippen LogP contribution in [0.2, 0.25) is 0 Å². The van der Waals surface area contributed by atoms with Crippen LogP contribution in [-0.4, -0.2) is 48.3 Å². The quantitative estimate of drug-likeness (QED) is 0.804. The van der Waals surface area contributed by atoms with Crippen LogP contribution in [-0.2, 0) is 9.84 Å². The number of aliphatic imine (C=N–C) groups is 1. The maximum absolute atomic E-state index is 12.6. The second-order valence-electron chi connectivity index (χ2n) is 7.87. The van der Waals surface area contributed by atoms with Gasteiger partial charge >= 0.3 is 0 Å². The van der Waals surface area contributed by atoms with E-state index in [-0.39, 0.29) is 34.7 Å². The fourth-order valence-electron chi connectivity index (χ4n) is 3.95. The summed E-state index contributed by atoms with van der Waals surface area (Å²) < 4.78 is 23.3. The van der Waals surface area contributed by atoms with Crippen molar-refractivity contribution < 1.29 is 13.2 Å². The van der Waals surface area contributed by atoms with E-state index in [4.69, 9.17) is 0 Å². The SMILES string of the molecule is CC1CCC(NC(=O)c2cccc(NC3=N[C@H]4CS(=O)(=O)C[C@@H]4S3)c2)CC1. The molecule has 1 aromatic carbocycles. The molecule has 2 aliphatic heterocycles. The van der Waals surface area contributed by atoms with Crippen molar-refractivity contribution in [3.8, 4) is 0 Å². The molecule has 2 heterocycles. The molecule has 0 spiro atoms. The molecule has 1 aromatic rings. The van der Waals surface area contributed by atoms with Gasteiger partial charge in [0.05, 0.1) is 17.5 Å². The van der Waals surface area contributed by atoms with Gasteiger partial charge in [-0.15, -0.1) is 0 Å². The van der Waals surface area contributed by atoms with Gasteiger partial charge < -0.3 is 10.6 Å². The number of sulfone groups is 1. The van der Waals surface area contributed by atoms with Crippen LogP contribution in [0, 0.1) is 5.92 Å². The van der Waals surface area contributed by atoms with Crippen LogP contribution in [0.5, 0.6) is 0 Å². The van der Waals surface area contributed by atoms with E-state index in [2.05, 4.69) is 22.5 Å². The van der Waals surface area contributed by atoms with E-state index in [1.165, 1.54) is 24.6 Å². The number of carbonyl (C=O) groups excluding carboxylic acids is 1. The number of amides is 1. The van der Waals surface area contributed by atoms with Crippen LogP contribution >= 0.6 is 11.8 Å². The zero-order chi connectivity index (χ0) is 19.0. The number of hydrogen-bond donors (Lipinski definition) is 2. The third-order valence-electron chi connectivity index (χ3n) is 5.55. The predicted octanol–water partition coefficient (Wildman–Crippen LogP) is 2.68. The lowest BCUT2D eigenvalue weighted by atomic mass is 9.87. The van der Waals surface area contributed by atoms with Gasteiger partial charge in [0.25, 0.3) is 5.91 Å². The van der Waals surface area contributed by atoms with Gasteiger partial charge in [-0.3, -0.25) is 9.79 Å². The summed E-state index contributed by atoms with van der Waals surface area (Å²) in [6.07, 6.45) is 4.43. The number of rotatable bonds is 3. The second kappa shape index (κ2) is 7.47. The molecular formula is C19H25N3O3S2. The molecule has 3 aliphatic rings. The van der Waals surface area contributed by atoms with Crippen molar-refractivity contribution in [1.29, 1.82) is 0 Å². The molecule has 146 valence electrons. The van der Waals surface area contributed by atoms with Crippen LogP contribution in [0.1, 0.15) is 43.0 Å². The molecule has 1 saturated heterocycles. The Morgan fingerprint density at radius 3 is 2.70 bits per heavy atom. The topological polar surface area (TPSA) is 87.6 Å². The summed E-state index contributed by atoms with van der Waals surface area (Å²) in [5.41, 5.74) is 1.43. The van der Waals surface area contributed by atoms with Crippen molar-refractivity contribution in [1.82, 2.24) is 5.32 Å². The summed E-state index contributed by atoms with van der Waals surface area (Å²) in [5.74, 6) is 1.05. The average molecular weight is 408 g/mol. The van der Waals surface area contributed by atoms with Crippen molar-refractivity contribution in [2.45, 2.75) is 49.9 Å². The van der Waals surface area contributed by atoms with E-state index < -0.39 is 9.84 Å². The Labute approximate surface area is 164 Å². The zero-order valence-corrected chi connectivity index (χ0v) is 17.0. The van der Waals surface area contributed by atoms with Gasteiger partial charge in [0, 0.05) is 22.5 Å². The molecule has 6 nitrogen and oxygen atoms in total. The van der Waals surface area contributed by atoms with E-state index in [1.54, 1.807) is 0 Å². The van der Waals surface area contributed by atoms with E-state index in [0.29, 0.717) is 5.56 Å². The average Bonchev–Trinajstić information content (AvgIpc) is 3.09. The highest BCUT2D eigenvalue weighted by Gasteiger charge is 2.42. The molecule has 0 radical (unpaired) electrons. The monoisotopic (exact) mass is 407 g/mol. The Balaban J connectivity index is 1.37. The minimum absolute atomic E-state index is 0.0117. The molecule has 8 heteroatoms. The maximum atomic E-state index is 12.6. The van der Waals surface area contributed by atoms with Gasteiger partial charge in [0.15, 0.2) is 15.0 Å². The van der Waals surface area contributed by atoms with E-state index in [0.717, 1.165) is 29.6 Å². The van der Waals surface area contributed by atoms with Gasteiger partial charge in [-0.2, -0.15) is 0 Å². The van der Waals surface area contributed by atoms with Crippen LogP contribution in [0.3, 0.4) is 0 Å². The third-order valence-corrected chi connectivity index (χ3v) is 8.69. The highest BCUT2D eigenvalue weighted by molar-refractivity contribution is 8.15. The molecular weight excluding hydrogens is 382 g/mol. The summed E-state index contributed by atoms with van der Waals surface area (Å²) >= 11 is 1.48. The molecule has 2 fully saturated rings. The Hall–Kier alpha value is -1.54. The molecule has 1 saturated carbocycles. The molecule has 4 rings (SSSR count). The van der Waals surface area contributed by atoms with Gasteiger partial charge in [0.2, 0.25) is 0 Å². The van der Waals surface area contributed by atoms with Crippen LogP contribution in [0.4, 0.5) is 5.69 Å². The lowest BCUT2D eigenvalue weighted by Gasteiger charge is -2.27. The Morgan fingerprint density at radius 2 is 1.96 bits per heavy atom. The first-order chi connectivity index (χ1) is 12.9. The summed E-state index contributed by atoms with van der Waals surface area (Å²) in [4.78, 5) is 17.1. The van der Waals surface area contributed by atoms with E-state index >= 15 is 0 Å². The largest absolute Gasteiger partial charge is 0.349 e. The van der Waals surface area contributed by atoms with E-state index in [1.807, 2.05) is 24.3 Å². The normalized spacial score (nSPS) is 31.8. The summed E-state index contributed by atoms with van der Waals surface area (Å²) in [6, 6.07) is 7.51. The molecule has 27 heavy (non-hydrogen) atoms. The Kier molecular flexibility index (Phi) is 5.20. The van der Waals surface area contributed by atoms with E-state index in [9.17, 15) is 13.2 Å². The fraction of sp³-hybridized carbons (Fsp3) is 0.579. The first kappa shape index (κ1) is 18.8. The molecule has 0 bridgehead atoms. The van der Waals surface area contributed by atoms with Crippen LogP contribution in [0.15, 0.2) is 29.3 Å². The lowest BCUT2D eigenvalue weighted by Crippen LogP contribution is -2.37. The highest BCUT2D eigenvalue weighted by Crippen LogP contribution is 2.34. The Morgan fingerprint density at radius 1 is 1.19 bits per heavy atom. The minimum atomic E-state index is -2.95. The number of carbonyl (C=O) groups is 1. The van der Waals surface area contributed by atoms with Crippen molar-refractivity contribution in [3.05, 3.63) is 29.8 Å². The maximum Gasteiger partial charge on any atom is 0.251 e. The number of thioether (sulfide) groups is 1. The van der Waals surface area contributed by atoms with Crippen molar-refractivity contribution in [2.24, 2.45) is 10.9 Å². The minimum Gasteiger partial charge on any atom is -0.349 e. The zero-order valence-electron chi connectivity index (χ0n) is 15.3. The number of nitrogens with one attached hydrogen (secondary N) is 2. The summed E-state index contributed by atoms with van der Waals surface area (Å²) in [5, 5.41) is 7.14. The molecule has 2 atom stereocenters. The number of hydrogen-bond acceptors (Lipinski definition) is 6. The lowest BCUT2D eigenvalue weighted by molar-refractivity contribution is 0.0923. The molecule has 2 N–H and O–H groups in total. The van der Waals surface area contributed by atoms with Crippen LogP contribution in [0.25, 0.3) is 0 Å². The summed E-state index contributed by atoms with van der Waals surface area (Å²) in [6.45, 7) is 2.26. The standard InChI is InChI=1S/C19H25N3O3S2/c1-12-5-7-14(8-6-12)20-18(23)13-3-2-4-15(9-13)21-19-22-16-10-27(24,25)11-17(16)26-19/h2-4,9,12,14,16-17H,5-8,10-11H2,1H3,(H,20,23)(H,21,22)/t12?,14?,16-,17-/m0/s1. The van der Waals surface area contributed by atoms with Crippen molar-refractivity contribution in [2.75, 3.05) is 16.8 Å². The van der Waals surface area contributed by atoms with Gasteiger partial charge in [-0.25, -0.2) is 8.42 Å². The Bertz CT molecular complexity index is 861. The van der Waals surface area contributed by atoms with Gasteiger partial charge in [0.1, 0.15) is 0 Å². The number of nitrogens with zero attached hydrogens (tertiary/aromatic N) is 1. The first-order valence-electron chi connectivity index (χ1n) is 9.51. The predicted molar refractivity (Wildman–Crippen MR) is 110 cm³/mol. The van der Waals surface area contributed by atoms with Crippen molar-refractivity contribution >= 4 is 38.4 Å². The number of amidine groups is 1. The van der Waals surface area contributed by atoms with Crippen LogP contribution < -0.4 is 10.6 Å². The smallest absolute Gasteiger partial charge is 0.251 e. The highest BCUT2D eigenvalue weighted by atomic mass is 32.2. The molecule has 0 aromatic heterocycles. The second-order valence-corrected chi connectivity index (χ2v) is 11.3. The third kappa shape index (κ3) is 4.48. The van der Waals surface area contributed by atoms with Crippen molar-refractivity contribution in [3.63, 3.8) is 0 Å². The molecule has 1 aliphatic carbocycles.